The van der Waals surface area contributed by atoms with Gasteiger partial charge in [-0.05, 0) is 30.2 Å². The Hall–Kier alpha value is -2.44. The van der Waals surface area contributed by atoms with Crippen molar-refractivity contribution in [2.45, 2.75) is 24.9 Å². The molecule has 0 aromatic heterocycles. The first kappa shape index (κ1) is 18.4. The summed E-state index contributed by atoms with van der Waals surface area (Å²) >= 11 is 0. The van der Waals surface area contributed by atoms with Gasteiger partial charge in [-0.15, -0.1) is 0 Å². The molecule has 1 N–H and O–H groups in total. The van der Waals surface area contributed by atoms with Gasteiger partial charge in [0, 0.05) is 18.5 Å². The molecule has 1 unspecified atom stereocenters. The van der Waals surface area contributed by atoms with E-state index in [0.29, 0.717) is 43.9 Å². The third-order valence-electron chi connectivity index (χ3n) is 4.66. The third-order valence-corrected chi connectivity index (χ3v) is 4.66. The number of ether oxygens (including phenoxy) is 2. The average Bonchev–Trinajstić information content (AvgIpc) is 2.68. The Balaban J connectivity index is 1.68. The summed E-state index contributed by atoms with van der Waals surface area (Å²) < 4.78 is 24.4. The molecular weight excluding hydrogens is 337 g/mol. The Kier molecular flexibility index (Phi) is 5.85. The van der Waals surface area contributed by atoms with Crippen LogP contribution in [0.1, 0.15) is 24.0 Å². The van der Waals surface area contributed by atoms with Gasteiger partial charge in [-0.25, -0.2) is 9.87 Å². The van der Waals surface area contributed by atoms with Crippen molar-refractivity contribution in [3.8, 4) is 5.75 Å². The van der Waals surface area contributed by atoms with Crippen LogP contribution in [0.5, 0.6) is 5.75 Å². The van der Waals surface area contributed by atoms with Crippen molar-refractivity contribution in [3.63, 3.8) is 0 Å². The number of hydrogen-bond acceptors (Lipinski definition) is 5. The Bertz CT molecular complexity index is 753. The summed E-state index contributed by atoms with van der Waals surface area (Å²) in [4.78, 5) is 18.1. The number of carbonyl (C=O) groups is 1. The molecule has 0 spiro atoms. The highest BCUT2D eigenvalue weighted by Crippen LogP contribution is 2.42. The molecule has 0 aliphatic carbocycles. The number of halogens is 1. The van der Waals surface area contributed by atoms with E-state index in [9.17, 15) is 9.18 Å². The third kappa shape index (κ3) is 3.86. The van der Waals surface area contributed by atoms with Crippen LogP contribution in [0.3, 0.4) is 0 Å². The van der Waals surface area contributed by atoms with Crippen LogP contribution in [0.25, 0.3) is 0 Å². The SMILES string of the molecule is COC(=O)C1(CCNOCc2ccccc2)CCOc2ccc(F)cc21. The molecule has 0 radical (unpaired) electrons. The largest absolute Gasteiger partial charge is 0.493 e. The second-order valence-corrected chi connectivity index (χ2v) is 6.23. The number of rotatable bonds is 7. The number of carbonyl (C=O) groups excluding carboxylic acids is 1. The van der Waals surface area contributed by atoms with E-state index >= 15 is 0 Å². The van der Waals surface area contributed by atoms with Crippen LogP contribution in [0.15, 0.2) is 48.5 Å². The smallest absolute Gasteiger partial charge is 0.316 e. The van der Waals surface area contributed by atoms with Crippen molar-refractivity contribution in [2.75, 3.05) is 20.3 Å². The van der Waals surface area contributed by atoms with Crippen molar-refractivity contribution in [3.05, 3.63) is 65.5 Å². The lowest BCUT2D eigenvalue weighted by molar-refractivity contribution is -0.149. The van der Waals surface area contributed by atoms with E-state index in [2.05, 4.69) is 5.48 Å². The Morgan fingerprint density at radius 2 is 2.08 bits per heavy atom. The van der Waals surface area contributed by atoms with Gasteiger partial charge in [-0.1, -0.05) is 30.3 Å². The second-order valence-electron chi connectivity index (χ2n) is 6.23. The highest BCUT2D eigenvalue weighted by molar-refractivity contribution is 5.84. The average molecular weight is 359 g/mol. The Labute approximate surface area is 152 Å². The molecule has 5 nitrogen and oxygen atoms in total. The number of esters is 1. The first-order valence-electron chi connectivity index (χ1n) is 8.55. The van der Waals surface area contributed by atoms with Crippen LogP contribution in [0.2, 0.25) is 0 Å². The number of nitrogens with one attached hydrogen (secondary N) is 1. The number of methoxy groups -OCH3 is 1. The van der Waals surface area contributed by atoms with E-state index in [4.69, 9.17) is 14.3 Å². The van der Waals surface area contributed by atoms with E-state index in [1.165, 1.54) is 19.2 Å². The summed E-state index contributed by atoms with van der Waals surface area (Å²) in [7, 11) is 1.35. The van der Waals surface area contributed by atoms with E-state index in [0.717, 1.165) is 5.56 Å². The lowest BCUT2D eigenvalue weighted by Crippen LogP contribution is -2.43. The zero-order valence-electron chi connectivity index (χ0n) is 14.7. The van der Waals surface area contributed by atoms with E-state index in [1.807, 2.05) is 30.3 Å². The maximum absolute atomic E-state index is 13.8. The summed E-state index contributed by atoms with van der Waals surface area (Å²) in [6.07, 6.45) is 0.838. The Morgan fingerprint density at radius 1 is 1.27 bits per heavy atom. The van der Waals surface area contributed by atoms with Crippen molar-refractivity contribution >= 4 is 5.97 Å². The van der Waals surface area contributed by atoms with Crippen molar-refractivity contribution in [1.82, 2.24) is 5.48 Å². The minimum absolute atomic E-state index is 0.374. The molecular formula is C20H22FNO4. The van der Waals surface area contributed by atoms with Crippen LogP contribution in [0.4, 0.5) is 4.39 Å². The number of hydrogen-bond donors (Lipinski definition) is 1. The molecule has 138 valence electrons. The summed E-state index contributed by atoms with van der Waals surface area (Å²) in [5.74, 6) is -0.276. The zero-order chi connectivity index (χ0) is 18.4. The summed E-state index contributed by atoms with van der Waals surface area (Å²) in [5, 5.41) is 0. The number of benzene rings is 2. The van der Waals surface area contributed by atoms with E-state index < -0.39 is 17.2 Å². The monoisotopic (exact) mass is 359 g/mol. The lowest BCUT2D eigenvalue weighted by atomic mass is 9.73. The molecule has 1 heterocycles. The molecule has 0 saturated carbocycles. The molecule has 26 heavy (non-hydrogen) atoms. The lowest BCUT2D eigenvalue weighted by Gasteiger charge is -2.36. The van der Waals surface area contributed by atoms with E-state index in [-0.39, 0.29) is 0 Å². The standard InChI is InChI=1S/C20H22FNO4/c1-24-19(23)20(9-11-22-26-14-15-5-3-2-4-6-15)10-12-25-18-8-7-16(21)13-17(18)20/h2-8,13,22H,9-12,14H2,1H3. The van der Waals surface area contributed by atoms with Gasteiger partial charge in [-0.3, -0.25) is 9.63 Å². The maximum atomic E-state index is 13.8. The Morgan fingerprint density at radius 3 is 2.85 bits per heavy atom. The van der Waals surface area contributed by atoms with Gasteiger partial charge >= 0.3 is 5.97 Å². The summed E-state index contributed by atoms with van der Waals surface area (Å²) in [6, 6.07) is 14.0. The van der Waals surface area contributed by atoms with Crippen LogP contribution in [-0.4, -0.2) is 26.2 Å². The van der Waals surface area contributed by atoms with Gasteiger partial charge < -0.3 is 9.47 Å². The van der Waals surface area contributed by atoms with Crippen molar-refractivity contribution in [1.29, 1.82) is 0 Å². The maximum Gasteiger partial charge on any atom is 0.316 e. The minimum atomic E-state index is -0.951. The first-order valence-corrected chi connectivity index (χ1v) is 8.55. The fourth-order valence-electron chi connectivity index (χ4n) is 3.29. The van der Waals surface area contributed by atoms with Crippen LogP contribution >= 0.6 is 0 Å². The fraction of sp³-hybridized carbons (Fsp3) is 0.350. The van der Waals surface area contributed by atoms with E-state index in [1.54, 1.807) is 6.07 Å². The van der Waals surface area contributed by atoms with Gasteiger partial charge in [0.05, 0.1) is 20.3 Å². The topological polar surface area (TPSA) is 56.8 Å². The van der Waals surface area contributed by atoms with Crippen LogP contribution in [0, 0.1) is 5.82 Å². The van der Waals surface area contributed by atoms with Crippen molar-refractivity contribution < 1.29 is 23.5 Å². The number of hydroxylamine groups is 1. The van der Waals surface area contributed by atoms with Gasteiger partial charge in [0.25, 0.3) is 0 Å². The molecule has 0 amide bonds. The summed E-state index contributed by atoms with van der Waals surface area (Å²) in [6.45, 7) is 1.21. The first-order chi connectivity index (χ1) is 12.7. The normalized spacial score (nSPS) is 18.7. The van der Waals surface area contributed by atoms with Gasteiger partial charge in [0.15, 0.2) is 0 Å². The molecule has 3 rings (SSSR count). The van der Waals surface area contributed by atoms with Gasteiger partial charge in [-0.2, -0.15) is 0 Å². The molecule has 0 bridgehead atoms. The quantitative estimate of drug-likeness (QED) is 0.468. The van der Waals surface area contributed by atoms with Gasteiger partial charge in [0.1, 0.15) is 17.0 Å². The second kappa shape index (κ2) is 8.29. The molecule has 1 aliphatic heterocycles. The highest BCUT2D eigenvalue weighted by atomic mass is 19.1. The molecule has 0 fully saturated rings. The van der Waals surface area contributed by atoms with Gasteiger partial charge in [0.2, 0.25) is 0 Å². The minimum Gasteiger partial charge on any atom is -0.493 e. The van der Waals surface area contributed by atoms with Crippen LogP contribution < -0.4 is 10.2 Å². The zero-order valence-corrected chi connectivity index (χ0v) is 14.7. The molecule has 1 aliphatic rings. The predicted octanol–water partition coefficient (Wildman–Crippen LogP) is 3.13. The predicted molar refractivity (Wildman–Crippen MR) is 94.1 cm³/mol. The molecule has 2 aromatic rings. The number of fused-ring (bicyclic) bond motifs is 1. The molecule has 0 saturated heterocycles. The highest BCUT2D eigenvalue weighted by Gasteiger charge is 2.45. The molecule has 2 aromatic carbocycles. The molecule has 1 atom stereocenters. The fourth-order valence-corrected chi connectivity index (χ4v) is 3.29. The van der Waals surface area contributed by atoms with Crippen molar-refractivity contribution in [2.24, 2.45) is 0 Å². The van der Waals surface area contributed by atoms with Crippen LogP contribution in [-0.2, 0) is 26.4 Å². The summed E-state index contributed by atoms with van der Waals surface area (Å²) in [5.41, 5.74) is 3.51. The molecule has 6 heteroatoms.